The number of nitrogens with one attached hydrogen (secondary N) is 4. The quantitative estimate of drug-likeness (QED) is 0.0248. The van der Waals surface area contributed by atoms with Crippen LogP contribution in [0.2, 0.25) is 0 Å². The number of carboxylic acid groups (broad SMARTS) is 3. The number of ether oxygens (including phenoxy) is 3. The first-order valence-corrected chi connectivity index (χ1v) is 23.2. The number of unbranched alkanes of at least 4 members (excludes halogenated alkanes) is 1. The first-order valence-electron chi connectivity index (χ1n) is 22.1. The second-order valence-electron chi connectivity index (χ2n) is 16.8. The van der Waals surface area contributed by atoms with Gasteiger partial charge >= 0.3 is 35.7 Å². The number of nitrogens with zero attached hydrogens (tertiary/aromatic N) is 5. The summed E-state index contributed by atoms with van der Waals surface area (Å²) < 4.78 is 16.0. The number of urea groups is 1. The van der Waals surface area contributed by atoms with Crippen LogP contribution in [0, 0.1) is 10.1 Å². The number of alkyl carbamates (subject to hydrolysis) is 1. The predicted molar refractivity (Wildman–Crippen MR) is 235 cm³/mol. The summed E-state index contributed by atoms with van der Waals surface area (Å²) in [5.41, 5.74) is -0.434. The van der Waals surface area contributed by atoms with E-state index in [1.54, 1.807) is 21.6 Å². The lowest BCUT2D eigenvalue weighted by Crippen LogP contribution is -2.60. The van der Waals surface area contributed by atoms with Crippen molar-refractivity contribution in [2.24, 2.45) is 0 Å². The molecule has 0 bridgehead atoms. The number of amides is 4. The lowest BCUT2D eigenvalue weighted by molar-refractivity contribution is -0.387. The van der Waals surface area contributed by atoms with Crippen molar-refractivity contribution in [2.75, 3.05) is 90.9 Å². The first kappa shape index (κ1) is 53.8. The summed E-state index contributed by atoms with van der Waals surface area (Å²) in [7, 11) is 0. The minimum absolute atomic E-state index is 0.0111. The zero-order valence-corrected chi connectivity index (χ0v) is 37.9. The Labute approximate surface area is 394 Å². The number of carbonyl (C=O) groups is 6. The Morgan fingerprint density at radius 3 is 2.16 bits per heavy atom. The van der Waals surface area contributed by atoms with Crippen LogP contribution in [0.25, 0.3) is 0 Å². The van der Waals surface area contributed by atoms with E-state index in [4.69, 9.17) is 14.2 Å². The maximum absolute atomic E-state index is 13.1. The molecule has 1 aromatic carbocycles. The number of benzene rings is 1. The number of nitro benzene ring substituents is 1. The van der Waals surface area contributed by atoms with E-state index < -0.39 is 90.6 Å². The molecule has 5 rings (SSSR count). The standard InChI is InChI=1S/C40H61N9O18S/c50-20-27-33(56)34(57)35(58)38(67-27)66-26-6-5-23(17-25(26)49(63)64)21-65-40(62)41-7-8-45-9-11-46(18-30(52)53)13-15-48(16-14-47(12-10-45)19-31(54)55)36(37(59)60)43-29(51)4-2-1-3-28-32-24(22-68-28)42-39(61)44-32/h5-6,17,24,27-28,32-36,38,50,56-58H,1-4,7-16,18-22H2,(H,41,62)(H,43,51)(H,52,53)(H,54,55)(H,59,60)(H2,42,44,61)/t24?,27?,28?,32?,33?,34?,35?,36-,38?/m0/s1. The molecule has 0 saturated carbocycles. The third-order valence-electron chi connectivity index (χ3n) is 11.9. The topological polar surface area (TPSA) is 376 Å². The van der Waals surface area contributed by atoms with Gasteiger partial charge in [-0.1, -0.05) is 12.5 Å². The van der Waals surface area contributed by atoms with E-state index in [-0.39, 0.29) is 120 Å². The van der Waals surface area contributed by atoms with E-state index in [1.807, 2.05) is 4.90 Å². The van der Waals surface area contributed by atoms with Crippen molar-refractivity contribution in [2.45, 2.75) is 86.5 Å². The van der Waals surface area contributed by atoms with Gasteiger partial charge in [-0.15, -0.1) is 0 Å². The minimum Gasteiger partial charge on any atom is -0.480 e. The van der Waals surface area contributed by atoms with Crippen LogP contribution in [0.3, 0.4) is 0 Å². The lowest BCUT2D eigenvalue weighted by Gasteiger charge is -2.39. The largest absolute Gasteiger partial charge is 0.480 e. The molecule has 11 N–H and O–H groups in total. The number of rotatable bonds is 21. The molecule has 380 valence electrons. The fraction of sp³-hybridized carbons (Fsp3) is 0.700. The average Bonchev–Trinajstić information content (AvgIpc) is 3.85. The number of carbonyl (C=O) groups excluding carboxylic acids is 3. The summed E-state index contributed by atoms with van der Waals surface area (Å²) in [5.74, 6) is -3.67. The Hall–Kier alpha value is -5.17. The molecule has 28 heteroatoms. The third kappa shape index (κ3) is 16.0. The van der Waals surface area contributed by atoms with Gasteiger partial charge < -0.3 is 71.2 Å². The number of aliphatic hydroxyl groups excluding tert-OH is 4. The fourth-order valence-corrected chi connectivity index (χ4v) is 9.79. The van der Waals surface area contributed by atoms with Gasteiger partial charge in [-0.25, -0.2) is 14.4 Å². The second kappa shape index (κ2) is 26.0. The van der Waals surface area contributed by atoms with Crippen molar-refractivity contribution in [3.63, 3.8) is 0 Å². The van der Waals surface area contributed by atoms with Crippen molar-refractivity contribution < 1.29 is 83.6 Å². The fourth-order valence-electron chi connectivity index (χ4n) is 8.24. The molecule has 9 atom stereocenters. The van der Waals surface area contributed by atoms with Crippen molar-refractivity contribution in [3.05, 3.63) is 33.9 Å². The van der Waals surface area contributed by atoms with Gasteiger partial charge in [0.2, 0.25) is 12.2 Å². The van der Waals surface area contributed by atoms with E-state index in [9.17, 15) is 74.6 Å². The molecular weight excluding hydrogens is 927 g/mol. The molecule has 4 saturated heterocycles. The van der Waals surface area contributed by atoms with E-state index in [2.05, 4.69) is 21.3 Å². The van der Waals surface area contributed by atoms with Crippen LogP contribution in [0.5, 0.6) is 5.75 Å². The van der Waals surface area contributed by atoms with Crippen molar-refractivity contribution in [1.82, 2.24) is 40.9 Å². The van der Waals surface area contributed by atoms with Crippen LogP contribution in [-0.2, 0) is 35.3 Å². The van der Waals surface area contributed by atoms with Gasteiger partial charge in [0.25, 0.3) is 0 Å². The summed E-state index contributed by atoms with van der Waals surface area (Å²) in [6.45, 7) is -0.646. The number of hydrogen-bond acceptors (Lipinski definition) is 20. The molecule has 4 aliphatic rings. The lowest BCUT2D eigenvalue weighted by atomic mass is 9.99. The van der Waals surface area contributed by atoms with Crippen LogP contribution < -0.4 is 26.0 Å². The number of hydrogen-bond donors (Lipinski definition) is 11. The van der Waals surface area contributed by atoms with Crippen LogP contribution in [-0.4, -0.2) is 241 Å². The third-order valence-corrected chi connectivity index (χ3v) is 13.5. The summed E-state index contributed by atoms with van der Waals surface area (Å²) in [4.78, 5) is 91.5. The highest BCUT2D eigenvalue weighted by Crippen LogP contribution is 2.34. The number of aliphatic carboxylic acids is 3. The smallest absolute Gasteiger partial charge is 0.407 e. The maximum Gasteiger partial charge on any atom is 0.407 e. The molecule has 0 spiro atoms. The molecule has 1 aromatic rings. The number of aliphatic hydroxyl groups is 4. The zero-order valence-electron chi connectivity index (χ0n) is 37.1. The van der Waals surface area contributed by atoms with Gasteiger partial charge in [-0.2, -0.15) is 11.8 Å². The van der Waals surface area contributed by atoms with E-state index in [1.165, 1.54) is 11.0 Å². The maximum atomic E-state index is 13.1. The Morgan fingerprint density at radius 2 is 1.54 bits per heavy atom. The number of thioether (sulfide) groups is 1. The predicted octanol–water partition coefficient (Wildman–Crippen LogP) is -3.36. The molecule has 4 heterocycles. The summed E-state index contributed by atoms with van der Waals surface area (Å²) in [6.07, 6.45) is -8.65. The molecular formula is C40H61N9O18S. The van der Waals surface area contributed by atoms with Gasteiger partial charge in [-0.05, 0) is 24.5 Å². The average molecular weight is 988 g/mol. The molecule has 68 heavy (non-hydrogen) atoms. The van der Waals surface area contributed by atoms with E-state index >= 15 is 0 Å². The normalized spacial score (nSPS) is 27.0. The number of nitro groups is 1. The highest BCUT2D eigenvalue weighted by atomic mass is 32.2. The molecule has 4 fully saturated rings. The van der Waals surface area contributed by atoms with Crippen LogP contribution in [0.1, 0.15) is 31.2 Å². The molecule has 4 amide bonds. The van der Waals surface area contributed by atoms with Crippen molar-refractivity contribution in [1.29, 1.82) is 0 Å². The summed E-state index contributed by atoms with van der Waals surface area (Å²) in [5, 5.41) is 92.5. The Balaban J connectivity index is 1.13. The van der Waals surface area contributed by atoms with Gasteiger partial charge in [0.15, 0.2) is 11.9 Å². The number of fused-ring (bicyclic) bond motifs is 1. The van der Waals surface area contributed by atoms with E-state index in [0.29, 0.717) is 12.8 Å². The van der Waals surface area contributed by atoms with E-state index in [0.717, 1.165) is 24.3 Å². The van der Waals surface area contributed by atoms with Crippen LogP contribution >= 0.6 is 11.8 Å². The van der Waals surface area contributed by atoms with Gasteiger partial charge in [0, 0.05) is 88.9 Å². The monoisotopic (exact) mass is 987 g/mol. The Kier molecular flexibility index (Phi) is 20.6. The minimum atomic E-state index is -1.82. The van der Waals surface area contributed by atoms with Crippen LogP contribution in [0.4, 0.5) is 15.3 Å². The van der Waals surface area contributed by atoms with Crippen molar-refractivity contribution in [3.8, 4) is 5.75 Å². The Bertz CT molecular complexity index is 1890. The number of carboxylic acids is 3. The van der Waals surface area contributed by atoms with Crippen molar-refractivity contribution >= 4 is 53.4 Å². The Morgan fingerprint density at radius 1 is 0.897 bits per heavy atom. The molecule has 0 aliphatic carbocycles. The highest BCUT2D eigenvalue weighted by molar-refractivity contribution is 8.00. The summed E-state index contributed by atoms with van der Waals surface area (Å²) in [6, 6.07) is 3.45. The first-order chi connectivity index (χ1) is 32.4. The molecule has 27 nitrogen and oxygen atoms in total. The second-order valence-corrected chi connectivity index (χ2v) is 18.0. The molecule has 0 radical (unpaired) electrons. The zero-order chi connectivity index (χ0) is 49.5. The summed E-state index contributed by atoms with van der Waals surface area (Å²) >= 11 is 1.75. The molecule has 8 unspecified atom stereocenters. The SMILES string of the molecule is O=C(O)CN1CCN(CCNC(=O)OCc2ccc(OC3OC(CO)C(O)C(O)C3O)c([N+](=O)[O-])c2)CCN(CC(=O)O)CCN([C@H](NC(=O)CCCCC2SCC3NC(=O)NC32)C(=O)O)CC1. The molecule has 0 aromatic heterocycles. The molecule has 4 aliphatic heterocycles. The van der Waals surface area contributed by atoms with Gasteiger partial charge in [0.1, 0.15) is 31.0 Å². The highest BCUT2D eigenvalue weighted by Gasteiger charge is 2.46. The van der Waals surface area contributed by atoms with Gasteiger partial charge in [-0.3, -0.25) is 44.1 Å². The van der Waals surface area contributed by atoms with Crippen LogP contribution in [0.15, 0.2) is 18.2 Å². The van der Waals surface area contributed by atoms with Gasteiger partial charge in [0.05, 0.1) is 36.7 Å².